The Morgan fingerprint density at radius 2 is 1.92 bits per heavy atom. The first-order valence-electron chi connectivity index (χ1n) is 11.6. The van der Waals surface area contributed by atoms with Gasteiger partial charge in [-0.3, -0.25) is 9.59 Å². The molecule has 10 heteroatoms. The second-order valence-electron chi connectivity index (χ2n) is 8.18. The number of rotatable bonds is 9. The summed E-state index contributed by atoms with van der Waals surface area (Å²) in [5.41, 5.74) is 1.22. The zero-order chi connectivity index (χ0) is 26.4. The van der Waals surface area contributed by atoms with Crippen LogP contribution in [0.1, 0.15) is 31.2 Å². The summed E-state index contributed by atoms with van der Waals surface area (Å²) < 4.78 is 22.0. The van der Waals surface area contributed by atoms with Crippen LogP contribution in [0.5, 0.6) is 5.75 Å². The molecule has 1 aromatic heterocycles. The number of hydrogen-bond acceptors (Lipinski definition) is 5. The molecule has 1 heterocycles. The zero-order valence-electron chi connectivity index (χ0n) is 19.9. The van der Waals surface area contributed by atoms with E-state index in [1.807, 2.05) is 6.07 Å². The van der Waals surface area contributed by atoms with Crippen molar-refractivity contribution in [1.82, 2.24) is 9.66 Å². The number of carbonyl (C=O) groups excluding carboxylic acids is 1. The minimum atomic E-state index is -0.450. The van der Waals surface area contributed by atoms with Crippen molar-refractivity contribution in [2.45, 2.75) is 26.2 Å². The van der Waals surface area contributed by atoms with E-state index < -0.39 is 11.7 Å². The van der Waals surface area contributed by atoms with Gasteiger partial charge in [-0.15, -0.1) is 0 Å². The van der Waals surface area contributed by atoms with Crippen molar-refractivity contribution in [3.05, 3.63) is 97.2 Å². The van der Waals surface area contributed by atoms with E-state index >= 15 is 0 Å². The molecule has 4 aromatic rings. The van der Waals surface area contributed by atoms with Crippen molar-refractivity contribution in [2.24, 2.45) is 5.10 Å². The highest BCUT2D eigenvalue weighted by Crippen LogP contribution is 2.22. The Hall–Kier alpha value is -3.37. The van der Waals surface area contributed by atoms with Crippen LogP contribution in [0.15, 0.2) is 79.5 Å². The molecule has 0 unspecified atom stereocenters. The lowest BCUT2D eigenvalue weighted by atomic mass is 10.2. The lowest BCUT2D eigenvalue weighted by Crippen LogP contribution is -2.23. The lowest BCUT2D eigenvalue weighted by molar-refractivity contribution is -0.118. The van der Waals surface area contributed by atoms with Crippen LogP contribution in [0.2, 0.25) is 0 Å². The van der Waals surface area contributed by atoms with E-state index in [-0.39, 0.29) is 12.2 Å². The van der Waals surface area contributed by atoms with Crippen molar-refractivity contribution in [2.75, 3.05) is 11.9 Å². The van der Waals surface area contributed by atoms with Crippen LogP contribution in [-0.2, 0) is 11.2 Å². The minimum Gasteiger partial charge on any atom is -0.483 e. The maximum absolute atomic E-state index is 13.4. The van der Waals surface area contributed by atoms with E-state index in [4.69, 9.17) is 4.74 Å². The summed E-state index contributed by atoms with van der Waals surface area (Å²) in [6.07, 6.45) is 3.90. The van der Waals surface area contributed by atoms with Crippen molar-refractivity contribution >= 4 is 60.6 Å². The van der Waals surface area contributed by atoms with Gasteiger partial charge >= 0.3 is 0 Å². The molecule has 0 saturated carbocycles. The summed E-state index contributed by atoms with van der Waals surface area (Å²) in [6, 6.07) is 16.2. The summed E-state index contributed by atoms with van der Waals surface area (Å²) >= 11 is 6.85. The number of nitrogens with zero attached hydrogens (tertiary/aromatic N) is 3. The average molecular weight is 630 g/mol. The summed E-state index contributed by atoms with van der Waals surface area (Å²) in [7, 11) is 0. The first-order valence-corrected chi connectivity index (χ1v) is 13.2. The standard InChI is InChI=1S/C27H23Br2FN4O3/c1-2-3-7-25-33-23-10-8-19(29)13-22(23)27(36)34(25)31-15-17-12-18(28)9-11-24(17)37-16-26(35)32-21-6-4-5-20(30)14-21/h4-6,8-15H,2-3,7,16H2,1H3,(H,32,35). The molecule has 0 aliphatic carbocycles. The van der Waals surface area contributed by atoms with E-state index in [1.165, 1.54) is 29.1 Å². The number of anilines is 1. The maximum atomic E-state index is 13.4. The second kappa shape index (κ2) is 12.2. The Bertz CT molecular complexity index is 1540. The molecule has 0 radical (unpaired) electrons. The minimum absolute atomic E-state index is 0.277. The molecule has 0 spiro atoms. The fourth-order valence-corrected chi connectivity index (χ4v) is 4.33. The van der Waals surface area contributed by atoms with Gasteiger partial charge in [-0.1, -0.05) is 51.3 Å². The number of carbonyl (C=O) groups is 1. The van der Waals surface area contributed by atoms with E-state index in [0.29, 0.717) is 40.1 Å². The highest BCUT2D eigenvalue weighted by molar-refractivity contribution is 9.10. The first kappa shape index (κ1) is 26.7. The third-order valence-electron chi connectivity index (χ3n) is 5.38. The van der Waals surface area contributed by atoms with Gasteiger partial charge in [0.15, 0.2) is 6.61 Å². The van der Waals surface area contributed by atoms with Crippen molar-refractivity contribution in [1.29, 1.82) is 0 Å². The Balaban J connectivity index is 1.61. The SMILES string of the molecule is CCCCc1nc2ccc(Br)cc2c(=O)n1N=Cc1cc(Br)ccc1OCC(=O)Nc1cccc(F)c1. The van der Waals surface area contributed by atoms with E-state index in [0.717, 1.165) is 21.8 Å². The molecule has 4 rings (SSSR count). The van der Waals surface area contributed by atoms with E-state index in [1.54, 1.807) is 36.4 Å². The normalized spacial score (nSPS) is 11.2. The predicted molar refractivity (Wildman–Crippen MR) is 150 cm³/mol. The zero-order valence-corrected chi connectivity index (χ0v) is 23.1. The number of benzene rings is 3. The van der Waals surface area contributed by atoms with Crippen molar-refractivity contribution in [3.63, 3.8) is 0 Å². The third kappa shape index (κ3) is 6.90. The number of aromatic nitrogens is 2. The number of ether oxygens (including phenoxy) is 1. The predicted octanol–water partition coefficient (Wildman–Crippen LogP) is 6.30. The highest BCUT2D eigenvalue weighted by Gasteiger charge is 2.12. The molecule has 7 nitrogen and oxygen atoms in total. The Morgan fingerprint density at radius 1 is 1.14 bits per heavy atom. The topological polar surface area (TPSA) is 85.6 Å². The van der Waals surface area contributed by atoms with Crippen molar-refractivity contribution in [3.8, 4) is 5.75 Å². The van der Waals surface area contributed by atoms with Gasteiger partial charge in [0.1, 0.15) is 17.4 Å². The smallest absolute Gasteiger partial charge is 0.282 e. The van der Waals surface area contributed by atoms with E-state index in [2.05, 4.69) is 54.2 Å². The molecule has 3 aromatic carbocycles. The monoisotopic (exact) mass is 628 g/mol. The summed E-state index contributed by atoms with van der Waals surface area (Å²) in [4.78, 5) is 30.3. The fourth-order valence-electron chi connectivity index (χ4n) is 3.59. The molecule has 190 valence electrons. The van der Waals surface area contributed by atoms with Crippen LogP contribution in [0.3, 0.4) is 0 Å². The van der Waals surface area contributed by atoms with Gasteiger partial charge in [-0.05, 0) is 61.0 Å². The number of halogens is 3. The number of fused-ring (bicyclic) bond motifs is 1. The molecule has 0 bridgehead atoms. The number of aryl methyl sites for hydroxylation is 1. The molecular weight excluding hydrogens is 607 g/mol. The fraction of sp³-hybridized carbons (Fsp3) is 0.185. The van der Waals surface area contributed by atoms with Crippen molar-refractivity contribution < 1.29 is 13.9 Å². The molecule has 0 atom stereocenters. The maximum Gasteiger partial charge on any atom is 0.282 e. The second-order valence-corrected chi connectivity index (χ2v) is 10.0. The van der Waals surface area contributed by atoms with Crippen LogP contribution in [0, 0.1) is 5.82 Å². The van der Waals surface area contributed by atoms with Gasteiger partial charge in [0.2, 0.25) is 0 Å². The number of amides is 1. The van der Waals surface area contributed by atoms with Gasteiger partial charge in [0.05, 0.1) is 17.1 Å². The van der Waals surface area contributed by atoms with Gasteiger partial charge in [0.25, 0.3) is 11.5 Å². The van der Waals surface area contributed by atoms with Crippen LogP contribution < -0.4 is 15.6 Å². The quantitative estimate of drug-likeness (QED) is 0.220. The molecule has 1 N–H and O–H groups in total. The molecule has 1 amide bonds. The number of hydrogen-bond donors (Lipinski definition) is 1. The van der Waals surface area contributed by atoms with Gasteiger partial charge in [-0.25, -0.2) is 9.37 Å². The third-order valence-corrected chi connectivity index (χ3v) is 6.37. The summed E-state index contributed by atoms with van der Waals surface area (Å²) in [5.74, 6) is 0.0545. The Labute approximate surface area is 229 Å². The first-order chi connectivity index (χ1) is 17.8. The van der Waals surface area contributed by atoms with E-state index in [9.17, 15) is 14.0 Å². The van der Waals surface area contributed by atoms with Crippen LogP contribution in [0.25, 0.3) is 10.9 Å². The van der Waals surface area contributed by atoms with Gasteiger partial charge in [0, 0.05) is 26.6 Å². The number of nitrogens with one attached hydrogen (secondary N) is 1. The molecule has 0 fully saturated rings. The summed E-state index contributed by atoms with van der Waals surface area (Å²) in [5, 5.41) is 7.52. The summed E-state index contributed by atoms with van der Waals surface area (Å²) in [6.45, 7) is 1.77. The average Bonchev–Trinajstić information content (AvgIpc) is 2.87. The molecule has 37 heavy (non-hydrogen) atoms. The Morgan fingerprint density at radius 3 is 2.70 bits per heavy atom. The van der Waals surface area contributed by atoms with Crippen LogP contribution in [0.4, 0.5) is 10.1 Å². The van der Waals surface area contributed by atoms with Gasteiger partial charge in [-0.2, -0.15) is 9.78 Å². The highest BCUT2D eigenvalue weighted by atomic mass is 79.9. The van der Waals surface area contributed by atoms with Gasteiger partial charge < -0.3 is 10.1 Å². The number of unbranched alkanes of at least 4 members (excludes halogenated alkanes) is 1. The molecular formula is C27H23Br2FN4O3. The lowest BCUT2D eigenvalue weighted by Gasteiger charge is -2.11. The van der Waals surface area contributed by atoms with Crippen LogP contribution >= 0.6 is 31.9 Å². The molecule has 0 aliphatic heterocycles. The molecule has 0 saturated heterocycles. The molecule has 0 aliphatic rings. The van der Waals surface area contributed by atoms with Crippen LogP contribution in [-0.4, -0.2) is 28.4 Å². The largest absolute Gasteiger partial charge is 0.483 e. The Kier molecular flexibility index (Phi) is 8.83.